The first kappa shape index (κ1) is 11.9. The third-order valence-electron chi connectivity index (χ3n) is 5.40. The van der Waals surface area contributed by atoms with Crippen molar-refractivity contribution in [1.82, 2.24) is 0 Å². The molecule has 1 nitrogen and oxygen atoms in total. The van der Waals surface area contributed by atoms with Gasteiger partial charge in [0, 0.05) is 0 Å². The van der Waals surface area contributed by atoms with E-state index in [1.165, 1.54) is 18.4 Å². The van der Waals surface area contributed by atoms with Crippen LogP contribution in [0.15, 0.2) is 23.8 Å². The molecule has 3 unspecified atom stereocenters. The van der Waals surface area contributed by atoms with Gasteiger partial charge in [0.05, 0.1) is 6.61 Å². The van der Waals surface area contributed by atoms with Crippen LogP contribution in [0.25, 0.3) is 0 Å². The molecule has 2 aliphatic carbocycles. The van der Waals surface area contributed by atoms with Gasteiger partial charge < -0.3 is 5.11 Å². The van der Waals surface area contributed by atoms with Crippen LogP contribution in [-0.2, 0) is 0 Å². The normalized spacial score (nSPS) is 40.7. The van der Waals surface area contributed by atoms with Gasteiger partial charge in [0.15, 0.2) is 0 Å². The summed E-state index contributed by atoms with van der Waals surface area (Å²) in [6, 6.07) is 0. The maximum atomic E-state index is 9.06. The molecule has 16 heavy (non-hydrogen) atoms. The summed E-state index contributed by atoms with van der Waals surface area (Å²) in [5, 5.41) is 9.06. The van der Waals surface area contributed by atoms with Gasteiger partial charge in [-0.3, -0.25) is 0 Å². The van der Waals surface area contributed by atoms with E-state index >= 15 is 0 Å². The zero-order chi connectivity index (χ0) is 12.1. The van der Waals surface area contributed by atoms with Crippen LogP contribution in [0.4, 0.5) is 0 Å². The average molecular weight is 220 g/mol. The first-order chi connectivity index (χ1) is 7.33. The van der Waals surface area contributed by atoms with E-state index in [-0.39, 0.29) is 6.61 Å². The Morgan fingerprint density at radius 3 is 2.50 bits per heavy atom. The van der Waals surface area contributed by atoms with E-state index in [1.807, 2.05) is 6.92 Å². The third-order valence-corrected chi connectivity index (χ3v) is 5.40. The first-order valence-electron chi connectivity index (χ1n) is 6.30. The van der Waals surface area contributed by atoms with E-state index in [1.54, 1.807) is 0 Å². The molecular weight excluding hydrogens is 196 g/mol. The van der Waals surface area contributed by atoms with Gasteiger partial charge in [-0.05, 0) is 48.0 Å². The highest BCUT2D eigenvalue weighted by Crippen LogP contribution is 2.74. The monoisotopic (exact) mass is 220 g/mol. The van der Waals surface area contributed by atoms with Gasteiger partial charge in [0.1, 0.15) is 0 Å². The second-order valence-electron chi connectivity index (χ2n) is 6.55. The van der Waals surface area contributed by atoms with Crippen molar-refractivity contribution in [2.24, 2.45) is 22.7 Å². The topological polar surface area (TPSA) is 20.2 Å². The minimum absolute atomic E-state index is 0.146. The molecule has 1 heteroatoms. The summed E-state index contributed by atoms with van der Waals surface area (Å²) in [4.78, 5) is 0. The minimum atomic E-state index is 0.146. The fourth-order valence-electron chi connectivity index (χ4n) is 3.64. The minimum Gasteiger partial charge on any atom is -0.392 e. The smallest absolute Gasteiger partial charge is 0.0642 e. The Morgan fingerprint density at radius 2 is 2.06 bits per heavy atom. The van der Waals surface area contributed by atoms with Crippen molar-refractivity contribution in [3.63, 3.8) is 0 Å². The fraction of sp³-hybridized carbons (Fsp3) is 0.733. The number of rotatable bonds is 3. The molecule has 2 aliphatic rings. The largest absolute Gasteiger partial charge is 0.392 e. The van der Waals surface area contributed by atoms with Gasteiger partial charge in [0.2, 0.25) is 0 Å². The summed E-state index contributed by atoms with van der Waals surface area (Å²) >= 11 is 0. The number of hydrogen-bond acceptors (Lipinski definition) is 1. The molecule has 0 saturated heterocycles. The molecule has 0 aromatic carbocycles. The zero-order valence-corrected chi connectivity index (χ0v) is 11.0. The standard InChI is InChI=1S/C15H24O/c1-10(9-16)6-11(2)13-7-12-8-15(12,5)14(13,3)4/h6,12-13,16H,2,7-9H2,1,3-5H3/b10-6+. The lowest BCUT2D eigenvalue weighted by molar-refractivity contribution is 0.174. The number of hydrogen-bond donors (Lipinski definition) is 1. The van der Waals surface area contributed by atoms with Gasteiger partial charge >= 0.3 is 0 Å². The highest BCUT2D eigenvalue weighted by Gasteiger charge is 2.67. The van der Waals surface area contributed by atoms with Crippen LogP contribution in [0.5, 0.6) is 0 Å². The van der Waals surface area contributed by atoms with E-state index in [0.29, 0.717) is 16.7 Å². The molecule has 0 radical (unpaired) electrons. The molecule has 2 saturated carbocycles. The number of aliphatic hydroxyl groups is 1. The summed E-state index contributed by atoms with van der Waals surface area (Å²) < 4.78 is 0. The number of fused-ring (bicyclic) bond motifs is 1. The van der Waals surface area contributed by atoms with Gasteiger partial charge in [-0.2, -0.15) is 0 Å². The molecule has 0 heterocycles. The van der Waals surface area contributed by atoms with Crippen molar-refractivity contribution in [3.05, 3.63) is 23.8 Å². The van der Waals surface area contributed by atoms with Gasteiger partial charge in [-0.15, -0.1) is 0 Å². The molecular formula is C15H24O. The number of allylic oxidation sites excluding steroid dienone is 2. The van der Waals surface area contributed by atoms with E-state index < -0.39 is 0 Å². The van der Waals surface area contributed by atoms with Crippen molar-refractivity contribution < 1.29 is 5.11 Å². The molecule has 0 aliphatic heterocycles. The van der Waals surface area contributed by atoms with E-state index in [9.17, 15) is 0 Å². The Bertz CT molecular complexity index is 350. The Morgan fingerprint density at radius 1 is 1.44 bits per heavy atom. The Kier molecular flexibility index (Phi) is 2.58. The lowest BCUT2D eigenvalue weighted by Gasteiger charge is -2.36. The molecule has 0 aromatic heterocycles. The van der Waals surface area contributed by atoms with Crippen LogP contribution in [0.3, 0.4) is 0 Å². The lowest BCUT2D eigenvalue weighted by atomic mass is 9.69. The second-order valence-corrected chi connectivity index (χ2v) is 6.55. The predicted molar refractivity (Wildman–Crippen MR) is 68.1 cm³/mol. The van der Waals surface area contributed by atoms with Crippen molar-refractivity contribution in [1.29, 1.82) is 0 Å². The Balaban J connectivity index is 2.16. The Hall–Kier alpha value is -0.560. The van der Waals surface area contributed by atoms with E-state index in [4.69, 9.17) is 5.11 Å². The van der Waals surface area contributed by atoms with Crippen LogP contribution in [0.2, 0.25) is 0 Å². The SMILES string of the molecule is C=C(/C=C(\C)CO)C1CC2CC2(C)C1(C)C. The molecule has 0 amide bonds. The van der Waals surface area contributed by atoms with E-state index in [2.05, 4.69) is 33.4 Å². The highest BCUT2D eigenvalue weighted by molar-refractivity contribution is 5.30. The zero-order valence-electron chi connectivity index (χ0n) is 11.0. The van der Waals surface area contributed by atoms with Crippen LogP contribution in [-0.4, -0.2) is 11.7 Å². The summed E-state index contributed by atoms with van der Waals surface area (Å²) in [5.74, 6) is 1.50. The van der Waals surface area contributed by atoms with Crippen molar-refractivity contribution >= 4 is 0 Å². The molecule has 2 fully saturated rings. The average Bonchev–Trinajstić information content (AvgIpc) is 2.82. The van der Waals surface area contributed by atoms with E-state index in [0.717, 1.165) is 11.5 Å². The molecule has 0 spiro atoms. The molecule has 0 bridgehead atoms. The van der Waals surface area contributed by atoms with Crippen molar-refractivity contribution in [2.45, 2.75) is 40.5 Å². The summed E-state index contributed by atoms with van der Waals surface area (Å²) in [5.41, 5.74) is 3.14. The molecule has 0 aromatic rings. The van der Waals surface area contributed by atoms with Gasteiger partial charge in [0.25, 0.3) is 0 Å². The Labute approximate surface area is 99.3 Å². The van der Waals surface area contributed by atoms with Crippen molar-refractivity contribution in [3.8, 4) is 0 Å². The molecule has 2 rings (SSSR count). The van der Waals surface area contributed by atoms with Gasteiger partial charge in [-0.1, -0.05) is 39.0 Å². The van der Waals surface area contributed by atoms with Crippen LogP contribution < -0.4 is 0 Å². The summed E-state index contributed by atoms with van der Waals surface area (Å²) in [7, 11) is 0. The quantitative estimate of drug-likeness (QED) is 0.721. The molecule has 90 valence electrons. The second kappa shape index (κ2) is 3.46. The van der Waals surface area contributed by atoms with Crippen LogP contribution in [0, 0.1) is 22.7 Å². The molecule has 1 N–H and O–H groups in total. The summed E-state index contributed by atoms with van der Waals surface area (Å²) in [6.45, 7) is 13.5. The van der Waals surface area contributed by atoms with Gasteiger partial charge in [-0.25, -0.2) is 0 Å². The predicted octanol–water partition coefficient (Wildman–Crippen LogP) is 3.55. The maximum Gasteiger partial charge on any atom is 0.0642 e. The van der Waals surface area contributed by atoms with Crippen LogP contribution in [0.1, 0.15) is 40.5 Å². The lowest BCUT2D eigenvalue weighted by Crippen LogP contribution is -2.28. The fourth-order valence-corrected chi connectivity index (χ4v) is 3.64. The molecule has 3 atom stereocenters. The maximum absolute atomic E-state index is 9.06. The summed E-state index contributed by atoms with van der Waals surface area (Å²) in [6.07, 6.45) is 4.77. The third kappa shape index (κ3) is 1.48. The van der Waals surface area contributed by atoms with Crippen LogP contribution >= 0.6 is 0 Å². The number of aliphatic hydroxyl groups excluding tert-OH is 1. The van der Waals surface area contributed by atoms with Crippen molar-refractivity contribution in [2.75, 3.05) is 6.61 Å². The highest BCUT2D eigenvalue weighted by atomic mass is 16.3. The first-order valence-corrected chi connectivity index (χ1v) is 6.30.